The van der Waals surface area contributed by atoms with Gasteiger partial charge in [-0.2, -0.15) is 0 Å². The molecule has 1 N–H and O–H groups in total. The predicted molar refractivity (Wildman–Crippen MR) is 106 cm³/mol. The Bertz CT molecular complexity index is 708. The summed E-state index contributed by atoms with van der Waals surface area (Å²) in [6.07, 6.45) is 0.833. The number of nitrogens with one attached hydrogen (secondary N) is 1. The normalized spacial score (nSPS) is 12.5. The van der Waals surface area contributed by atoms with Crippen LogP contribution in [0.3, 0.4) is 0 Å². The van der Waals surface area contributed by atoms with Crippen molar-refractivity contribution in [3.8, 4) is 5.75 Å². The maximum Gasteiger partial charge on any atom is 0.258 e. The van der Waals surface area contributed by atoms with Gasteiger partial charge in [-0.1, -0.05) is 64.1 Å². The predicted octanol–water partition coefficient (Wildman–Crippen LogP) is 5.39. The number of carbonyl (C=O) groups excluding carboxylic acids is 1. The maximum absolute atomic E-state index is 12.2. The smallest absolute Gasteiger partial charge is 0.258 e. The topological polar surface area (TPSA) is 38.3 Å². The second-order valence-corrected chi connectivity index (χ2v) is 7.98. The zero-order valence-electron chi connectivity index (χ0n) is 15.3. The third kappa shape index (κ3) is 5.60. The van der Waals surface area contributed by atoms with E-state index < -0.39 is 0 Å². The fourth-order valence-electron chi connectivity index (χ4n) is 2.57. The number of carbonyl (C=O) groups is 1. The van der Waals surface area contributed by atoms with Crippen molar-refractivity contribution in [2.24, 2.45) is 0 Å². The van der Waals surface area contributed by atoms with Gasteiger partial charge >= 0.3 is 0 Å². The van der Waals surface area contributed by atoms with Crippen LogP contribution in [0.5, 0.6) is 5.75 Å². The van der Waals surface area contributed by atoms with Crippen LogP contribution in [0, 0.1) is 0 Å². The van der Waals surface area contributed by atoms with E-state index in [-0.39, 0.29) is 24.0 Å². The lowest BCUT2D eigenvalue weighted by Crippen LogP contribution is -2.32. The largest absolute Gasteiger partial charge is 0.483 e. The highest BCUT2D eigenvalue weighted by Crippen LogP contribution is 2.31. The molecule has 2 aromatic rings. The van der Waals surface area contributed by atoms with Gasteiger partial charge < -0.3 is 10.1 Å². The summed E-state index contributed by atoms with van der Waals surface area (Å²) in [6, 6.07) is 16.0. The standard InChI is InChI=1S/C21H26BrNO2/c1-5-18(15-9-7-6-8-10-15)23-20(24)14-25-19-12-11-16(13-17(19)22)21(2,3)4/h6-13,18H,5,14H2,1-4H3,(H,23,24). The van der Waals surface area contributed by atoms with Gasteiger partial charge in [-0.25, -0.2) is 0 Å². The van der Waals surface area contributed by atoms with E-state index >= 15 is 0 Å². The van der Waals surface area contributed by atoms with Gasteiger partial charge in [0.2, 0.25) is 0 Å². The molecule has 25 heavy (non-hydrogen) atoms. The molecule has 0 radical (unpaired) electrons. The Morgan fingerprint density at radius 2 is 1.84 bits per heavy atom. The van der Waals surface area contributed by atoms with Crippen molar-refractivity contribution in [1.29, 1.82) is 0 Å². The average molecular weight is 404 g/mol. The van der Waals surface area contributed by atoms with Crippen LogP contribution in [0.25, 0.3) is 0 Å². The monoisotopic (exact) mass is 403 g/mol. The number of ether oxygens (including phenoxy) is 1. The van der Waals surface area contributed by atoms with Crippen molar-refractivity contribution in [3.05, 3.63) is 64.1 Å². The SMILES string of the molecule is CCC(NC(=O)COc1ccc(C(C)(C)C)cc1Br)c1ccccc1. The molecule has 0 aliphatic carbocycles. The minimum atomic E-state index is -0.123. The first-order valence-electron chi connectivity index (χ1n) is 8.58. The first kappa shape index (κ1) is 19.5. The van der Waals surface area contributed by atoms with Crippen molar-refractivity contribution in [3.63, 3.8) is 0 Å². The van der Waals surface area contributed by atoms with E-state index in [4.69, 9.17) is 4.74 Å². The Morgan fingerprint density at radius 3 is 2.40 bits per heavy atom. The Balaban J connectivity index is 1.96. The molecule has 134 valence electrons. The first-order chi connectivity index (χ1) is 11.8. The molecular weight excluding hydrogens is 378 g/mol. The zero-order valence-corrected chi connectivity index (χ0v) is 16.9. The lowest BCUT2D eigenvalue weighted by molar-refractivity contribution is -0.123. The number of rotatable bonds is 6. The highest BCUT2D eigenvalue weighted by Gasteiger charge is 2.16. The van der Waals surface area contributed by atoms with Crippen LogP contribution in [0.4, 0.5) is 0 Å². The average Bonchev–Trinajstić information content (AvgIpc) is 2.58. The van der Waals surface area contributed by atoms with E-state index in [2.05, 4.69) is 48.9 Å². The van der Waals surface area contributed by atoms with E-state index in [0.29, 0.717) is 5.75 Å². The van der Waals surface area contributed by atoms with Gasteiger partial charge in [0.25, 0.3) is 5.91 Å². The molecule has 0 fully saturated rings. The van der Waals surface area contributed by atoms with Gasteiger partial charge in [-0.15, -0.1) is 0 Å². The molecule has 2 rings (SSSR count). The summed E-state index contributed by atoms with van der Waals surface area (Å²) in [5, 5.41) is 3.03. The second kappa shape index (κ2) is 8.52. The van der Waals surface area contributed by atoms with E-state index in [1.807, 2.05) is 48.5 Å². The summed E-state index contributed by atoms with van der Waals surface area (Å²) < 4.78 is 6.55. The van der Waals surface area contributed by atoms with Gasteiger partial charge in [0, 0.05) is 0 Å². The van der Waals surface area contributed by atoms with Crippen LogP contribution < -0.4 is 10.1 Å². The van der Waals surface area contributed by atoms with Crippen molar-refractivity contribution >= 4 is 21.8 Å². The first-order valence-corrected chi connectivity index (χ1v) is 9.37. The van der Waals surface area contributed by atoms with Gasteiger partial charge in [0.15, 0.2) is 6.61 Å². The van der Waals surface area contributed by atoms with Gasteiger partial charge in [0.05, 0.1) is 10.5 Å². The Hall–Kier alpha value is -1.81. The number of amides is 1. The minimum Gasteiger partial charge on any atom is -0.483 e. The summed E-state index contributed by atoms with van der Waals surface area (Å²) in [5.74, 6) is 0.554. The molecule has 0 aliphatic rings. The van der Waals surface area contributed by atoms with Gasteiger partial charge in [-0.3, -0.25) is 4.79 Å². The number of hydrogen-bond acceptors (Lipinski definition) is 2. The van der Waals surface area contributed by atoms with Crippen molar-refractivity contribution in [2.45, 2.75) is 45.6 Å². The molecule has 0 aromatic heterocycles. The second-order valence-electron chi connectivity index (χ2n) is 7.12. The summed E-state index contributed by atoms with van der Waals surface area (Å²) in [7, 11) is 0. The van der Waals surface area contributed by atoms with Crippen molar-refractivity contribution < 1.29 is 9.53 Å². The van der Waals surface area contributed by atoms with E-state index in [9.17, 15) is 4.79 Å². The molecule has 0 heterocycles. The van der Waals surface area contributed by atoms with Crippen molar-refractivity contribution in [2.75, 3.05) is 6.61 Å². The molecule has 2 aromatic carbocycles. The molecule has 1 atom stereocenters. The molecule has 0 aliphatic heterocycles. The van der Waals surface area contributed by atoms with Crippen LogP contribution in [-0.4, -0.2) is 12.5 Å². The van der Waals surface area contributed by atoms with E-state index in [1.54, 1.807) is 0 Å². The molecule has 0 saturated heterocycles. The molecule has 0 bridgehead atoms. The quantitative estimate of drug-likeness (QED) is 0.701. The molecule has 1 unspecified atom stereocenters. The molecule has 1 amide bonds. The van der Waals surface area contributed by atoms with Crippen LogP contribution in [0.15, 0.2) is 53.0 Å². The van der Waals surface area contributed by atoms with E-state index in [0.717, 1.165) is 16.5 Å². The summed E-state index contributed by atoms with van der Waals surface area (Å²) in [4.78, 5) is 12.2. The number of hydrogen-bond donors (Lipinski definition) is 1. The minimum absolute atomic E-state index is 0.00318. The summed E-state index contributed by atoms with van der Waals surface area (Å²) in [5.41, 5.74) is 2.39. The molecule has 0 saturated carbocycles. The zero-order chi connectivity index (χ0) is 18.4. The fraction of sp³-hybridized carbons (Fsp3) is 0.381. The Kier molecular flexibility index (Phi) is 6.65. The van der Waals surface area contributed by atoms with Crippen LogP contribution in [0.1, 0.15) is 51.3 Å². The number of benzene rings is 2. The van der Waals surface area contributed by atoms with Gasteiger partial charge in [0.1, 0.15) is 5.75 Å². The third-order valence-electron chi connectivity index (χ3n) is 4.10. The molecule has 0 spiro atoms. The lowest BCUT2D eigenvalue weighted by Gasteiger charge is -2.20. The van der Waals surface area contributed by atoms with Crippen LogP contribution in [-0.2, 0) is 10.2 Å². The Morgan fingerprint density at radius 1 is 1.16 bits per heavy atom. The number of halogens is 1. The lowest BCUT2D eigenvalue weighted by atomic mass is 9.87. The molecule has 3 nitrogen and oxygen atoms in total. The van der Waals surface area contributed by atoms with Crippen LogP contribution >= 0.6 is 15.9 Å². The highest BCUT2D eigenvalue weighted by atomic mass is 79.9. The van der Waals surface area contributed by atoms with Gasteiger partial charge in [-0.05, 0) is 51.0 Å². The third-order valence-corrected chi connectivity index (χ3v) is 4.72. The summed E-state index contributed by atoms with van der Waals surface area (Å²) in [6.45, 7) is 8.54. The Labute approximate surface area is 158 Å². The molecule has 4 heteroatoms. The highest BCUT2D eigenvalue weighted by molar-refractivity contribution is 9.10. The maximum atomic E-state index is 12.2. The molecular formula is C21H26BrNO2. The van der Waals surface area contributed by atoms with Crippen molar-refractivity contribution in [1.82, 2.24) is 5.32 Å². The summed E-state index contributed by atoms with van der Waals surface area (Å²) >= 11 is 3.53. The van der Waals surface area contributed by atoms with Crippen LogP contribution in [0.2, 0.25) is 0 Å². The van der Waals surface area contributed by atoms with E-state index in [1.165, 1.54) is 5.56 Å². The fourth-order valence-corrected chi connectivity index (χ4v) is 3.06.